The summed E-state index contributed by atoms with van der Waals surface area (Å²) in [4.78, 5) is 17.6. The fourth-order valence-corrected chi connectivity index (χ4v) is 4.79. The fourth-order valence-electron chi connectivity index (χ4n) is 4.79. The number of hydrogen-bond acceptors (Lipinski definition) is 6. The first-order valence-corrected chi connectivity index (χ1v) is 12.2. The Balaban J connectivity index is 1.34. The summed E-state index contributed by atoms with van der Waals surface area (Å²) >= 11 is 0. The molecule has 178 valence electrons. The van der Waals surface area contributed by atoms with Gasteiger partial charge < -0.3 is 19.3 Å². The maximum absolute atomic E-state index is 13.2. The molecule has 7 nitrogen and oxygen atoms in total. The Bertz CT molecular complexity index is 1060. The lowest BCUT2D eigenvalue weighted by Crippen LogP contribution is -2.56. The SMILES string of the molecule is COc1ccc(N2CCN(C(=O)CC3=NN=CC3)[C@@H](Cc3ccccc3)C2)cc1OC1CCC1. The molecule has 2 heterocycles. The number of carbonyl (C=O) groups is 1. The third kappa shape index (κ3) is 5.08. The second kappa shape index (κ2) is 10.3. The molecular weight excluding hydrogens is 428 g/mol. The third-order valence-corrected chi connectivity index (χ3v) is 6.94. The molecule has 2 aromatic rings. The molecule has 1 atom stereocenters. The van der Waals surface area contributed by atoms with Crippen molar-refractivity contribution < 1.29 is 14.3 Å². The molecule has 0 spiro atoms. The second-order valence-corrected chi connectivity index (χ2v) is 9.23. The van der Waals surface area contributed by atoms with E-state index in [1.165, 1.54) is 12.0 Å². The van der Waals surface area contributed by atoms with E-state index in [2.05, 4.69) is 51.5 Å². The van der Waals surface area contributed by atoms with Gasteiger partial charge in [-0.25, -0.2) is 0 Å². The molecule has 1 saturated carbocycles. The molecule has 1 saturated heterocycles. The Labute approximate surface area is 201 Å². The van der Waals surface area contributed by atoms with Crippen LogP contribution in [0.1, 0.15) is 37.7 Å². The van der Waals surface area contributed by atoms with Gasteiger partial charge in [0.1, 0.15) is 0 Å². The number of rotatable bonds is 8. The second-order valence-electron chi connectivity index (χ2n) is 9.23. The zero-order valence-corrected chi connectivity index (χ0v) is 19.7. The summed E-state index contributed by atoms with van der Waals surface area (Å²) in [5, 5.41) is 8.02. The van der Waals surface area contributed by atoms with E-state index < -0.39 is 0 Å². The molecular formula is C27H32N4O3. The van der Waals surface area contributed by atoms with Crippen LogP contribution in [0.2, 0.25) is 0 Å². The first-order valence-electron chi connectivity index (χ1n) is 12.2. The van der Waals surface area contributed by atoms with Gasteiger partial charge in [0.15, 0.2) is 11.5 Å². The Morgan fingerprint density at radius 3 is 2.65 bits per heavy atom. The summed E-state index contributed by atoms with van der Waals surface area (Å²) in [6, 6.07) is 16.7. The molecule has 5 rings (SSSR count). The number of carbonyl (C=O) groups excluding carboxylic acids is 1. The molecule has 0 aromatic heterocycles. The first kappa shape index (κ1) is 22.4. The van der Waals surface area contributed by atoms with Gasteiger partial charge in [0, 0.05) is 44.0 Å². The number of piperazine rings is 1. The zero-order valence-electron chi connectivity index (χ0n) is 19.7. The van der Waals surface area contributed by atoms with Crippen molar-refractivity contribution in [2.45, 2.75) is 50.7 Å². The highest BCUT2D eigenvalue weighted by Gasteiger charge is 2.32. The van der Waals surface area contributed by atoms with Gasteiger partial charge in [0.05, 0.1) is 31.4 Å². The molecule has 0 unspecified atom stereocenters. The Hall–Kier alpha value is -3.35. The molecule has 7 heteroatoms. The minimum atomic E-state index is 0.0738. The van der Waals surface area contributed by atoms with E-state index in [-0.39, 0.29) is 18.1 Å². The number of benzene rings is 2. The van der Waals surface area contributed by atoms with Crippen molar-refractivity contribution in [3.8, 4) is 11.5 Å². The van der Waals surface area contributed by atoms with Crippen LogP contribution >= 0.6 is 0 Å². The molecule has 0 bridgehead atoms. The van der Waals surface area contributed by atoms with Crippen LogP contribution in [0.4, 0.5) is 5.69 Å². The van der Waals surface area contributed by atoms with Gasteiger partial charge in [0.2, 0.25) is 5.91 Å². The lowest BCUT2D eigenvalue weighted by Gasteiger charge is -2.43. The van der Waals surface area contributed by atoms with Gasteiger partial charge in [-0.05, 0) is 43.4 Å². The maximum Gasteiger partial charge on any atom is 0.228 e. The number of hydrogen-bond donors (Lipinski definition) is 0. The van der Waals surface area contributed by atoms with Gasteiger partial charge in [-0.3, -0.25) is 4.79 Å². The van der Waals surface area contributed by atoms with Gasteiger partial charge in [-0.2, -0.15) is 10.2 Å². The molecule has 2 aliphatic heterocycles. The van der Waals surface area contributed by atoms with Crippen molar-refractivity contribution in [1.29, 1.82) is 0 Å². The van der Waals surface area contributed by atoms with Crippen molar-refractivity contribution in [1.82, 2.24) is 4.90 Å². The smallest absolute Gasteiger partial charge is 0.228 e. The molecule has 1 amide bonds. The van der Waals surface area contributed by atoms with Gasteiger partial charge in [0.25, 0.3) is 0 Å². The van der Waals surface area contributed by atoms with Crippen LogP contribution in [0, 0.1) is 0 Å². The highest BCUT2D eigenvalue weighted by Crippen LogP contribution is 2.36. The van der Waals surface area contributed by atoms with E-state index in [0.717, 1.165) is 55.3 Å². The van der Waals surface area contributed by atoms with E-state index in [9.17, 15) is 4.79 Å². The van der Waals surface area contributed by atoms with Crippen molar-refractivity contribution in [3.63, 3.8) is 0 Å². The predicted octanol–water partition coefficient (Wildman–Crippen LogP) is 4.11. The van der Waals surface area contributed by atoms with Gasteiger partial charge >= 0.3 is 0 Å². The third-order valence-electron chi connectivity index (χ3n) is 6.94. The lowest BCUT2D eigenvalue weighted by molar-refractivity contribution is -0.132. The summed E-state index contributed by atoms with van der Waals surface area (Å²) in [7, 11) is 1.68. The maximum atomic E-state index is 13.2. The van der Waals surface area contributed by atoms with Crippen molar-refractivity contribution in [3.05, 3.63) is 54.1 Å². The van der Waals surface area contributed by atoms with Crippen LogP contribution in [0.25, 0.3) is 0 Å². The van der Waals surface area contributed by atoms with E-state index in [0.29, 0.717) is 19.4 Å². The largest absolute Gasteiger partial charge is 0.493 e. The topological polar surface area (TPSA) is 66.7 Å². The summed E-state index contributed by atoms with van der Waals surface area (Å²) in [5.41, 5.74) is 3.19. The average molecular weight is 461 g/mol. The number of ether oxygens (including phenoxy) is 2. The van der Waals surface area contributed by atoms with E-state index >= 15 is 0 Å². The lowest BCUT2D eigenvalue weighted by atomic mass is 9.96. The summed E-state index contributed by atoms with van der Waals surface area (Å²) in [5.74, 6) is 1.71. The average Bonchev–Trinajstić information content (AvgIpc) is 3.35. The fraction of sp³-hybridized carbons (Fsp3) is 0.444. The number of anilines is 1. The standard InChI is InChI=1S/C27H32N4O3/c1-33-25-11-10-22(18-26(25)34-24-8-5-9-24)30-14-15-31(27(32)17-21-12-13-28-29-21)23(19-30)16-20-6-3-2-4-7-20/h2-4,6-7,10-11,13,18,23-24H,5,8-9,12,14-17,19H2,1H3/t23-/m0/s1. The van der Waals surface area contributed by atoms with Crippen LogP contribution in [-0.2, 0) is 11.2 Å². The minimum absolute atomic E-state index is 0.0738. The Kier molecular flexibility index (Phi) is 6.79. The number of methoxy groups -OCH3 is 1. The minimum Gasteiger partial charge on any atom is -0.493 e. The quantitative estimate of drug-likeness (QED) is 0.595. The van der Waals surface area contributed by atoms with E-state index in [4.69, 9.17) is 9.47 Å². The molecule has 0 radical (unpaired) electrons. The van der Waals surface area contributed by atoms with E-state index in [1.54, 1.807) is 13.3 Å². The highest BCUT2D eigenvalue weighted by molar-refractivity contribution is 6.07. The van der Waals surface area contributed by atoms with Crippen LogP contribution in [0.15, 0.2) is 58.7 Å². The van der Waals surface area contributed by atoms with Gasteiger partial charge in [-0.15, -0.1) is 0 Å². The molecule has 3 aliphatic rings. The Morgan fingerprint density at radius 2 is 1.94 bits per heavy atom. The summed E-state index contributed by atoms with van der Waals surface area (Å²) in [6.45, 7) is 2.21. The molecule has 2 aromatic carbocycles. The Morgan fingerprint density at radius 1 is 1.09 bits per heavy atom. The molecule has 1 aliphatic carbocycles. The molecule has 34 heavy (non-hydrogen) atoms. The van der Waals surface area contributed by atoms with Crippen molar-refractivity contribution in [2.75, 3.05) is 31.6 Å². The zero-order chi connectivity index (χ0) is 23.3. The van der Waals surface area contributed by atoms with E-state index in [1.807, 2.05) is 17.0 Å². The monoisotopic (exact) mass is 460 g/mol. The molecule has 2 fully saturated rings. The first-order chi connectivity index (χ1) is 16.7. The summed E-state index contributed by atoms with van der Waals surface area (Å²) in [6.07, 6.45) is 7.29. The number of amides is 1. The molecule has 0 N–H and O–H groups in total. The van der Waals surface area contributed by atoms with Crippen LogP contribution in [-0.4, -0.2) is 61.6 Å². The van der Waals surface area contributed by atoms with Crippen molar-refractivity contribution in [2.24, 2.45) is 10.2 Å². The van der Waals surface area contributed by atoms with Crippen LogP contribution in [0.3, 0.4) is 0 Å². The highest BCUT2D eigenvalue weighted by atomic mass is 16.5. The predicted molar refractivity (Wildman–Crippen MR) is 134 cm³/mol. The normalized spacial score (nSPS) is 20.1. The van der Waals surface area contributed by atoms with Crippen molar-refractivity contribution >= 4 is 23.5 Å². The summed E-state index contributed by atoms with van der Waals surface area (Å²) < 4.78 is 11.8. The van der Waals surface area contributed by atoms with Gasteiger partial charge in [-0.1, -0.05) is 30.3 Å². The van der Waals surface area contributed by atoms with Crippen LogP contribution in [0.5, 0.6) is 11.5 Å². The number of nitrogens with zero attached hydrogens (tertiary/aromatic N) is 4. The van der Waals surface area contributed by atoms with Crippen LogP contribution < -0.4 is 14.4 Å².